The molecule has 0 heterocycles. The lowest BCUT2D eigenvalue weighted by molar-refractivity contribution is -0.147. The third-order valence-corrected chi connectivity index (χ3v) is 11.0. The molecule has 0 aliphatic carbocycles. The molecule has 9 nitrogen and oxygen atoms in total. The van der Waals surface area contributed by atoms with Crippen LogP contribution in [0.2, 0.25) is 0 Å². The van der Waals surface area contributed by atoms with Gasteiger partial charge in [0.15, 0.2) is 0 Å². The summed E-state index contributed by atoms with van der Waals surface area (Å²) in [5, 5.41) is 12.7. The van der Waals surface area contributed by atoms with Crippen LogP contribution in [0.4, 0.5) is 0 Å². The molecule has 0 bridgehead atoms. The summed E-state index contributed by atoms with van der Waals surface area (Å²) in [7, 11) is -4.44. The van der Waals surface area contributed by atoms with E-state index < -0.39 is 26.5 Å². The summed E-state index contributed by atoms with van der Waals surface area (Å²) in [5.74, 6) is -0.558. The van der Waals surface area contributed by atoms with Crippen molar-refractivity contribution in [2.45, 2.75) is 200 Å². The van der Waals surface area contributed by atoms with E-state index >= 15 is 0 Å². The topological polar surface area (TPSA) is 131 Å². The van der Waals surface area contributed by atoms with Crippen molar-refractivity contribution in [3.05, 3.63) is 97.2 Å². The zero-order valence-corrected chi connectivity index (χ0v) is 40.6. The van der Waals surface area contributed by atoms with Crippen LogP contribution in [-0.4, -0.2) is 54.3 Å². The number of amides is 1. The Balaban J connectivity index is 3.64. The van der Waals surface area contributed by atoms with Gasteiger partial charge in [-0.3, -0.25) is 18.6 Å². The molecule has 2 atom stereocenters. The number of unbranched alkanes of at least 4 members (excludes halogenated alkanes) is 16. The second-order valence-electron chi connectivity index (χ2n) is 16.0. The number of phosphoric acid groups is 1. The summed E-state index contributed by atoms with van der Waals surface area (Å²) in [5.41, 5.74) is 0. The number of carbonyl (C=O) groups excluding carboxylic acids is 2. The van der Waals surface area contributed by atoms with E-state index in [0.717, 1.165) is 89.9 Å². The molecule has 0 aromatic rings. The Hall–Kier alpha value is -3.07. The average Bonchev–Trinajstić information content (AvgIpc) is 3.27. The van der Waals surface area contributed by atoms with Crippen molar-refractivity contribution in [2.24, 2.45) is 0 Å². The standard InChI is InChI=1S/C53H90NO8P/c1-3-5-7-9-11-13-15-17-19-21-23-24-25-26-28-30-32-34-36-38-40-42-44-46-53(57)60-49-51(55)50-62-63(58,59)61-48-47-54-52(56)45-43-41-39-37-35-33-31-29-27-22-20-18-16-14-12-10-8-6-4-2/h6,8,11-14,17-20,23-24,27,29,33,35,51,55H,3-5,7,9-10,15-16,21-22,25-26,28,30-32,34,36-50H2,1-2H3,(H,54,56)(H,58,59)/b8-6-,13-11-,14-12-,19-17-,20-18-,24-23-,29-27-,35-33-. The third kappa shape index (κ3) is 49.8. The molecule has 0 aliphatic heterocycles. The van der Waals surface area contributed by atoms with E-state index in [4.69, 9.17) is 13.8 Å². The minimum absolute atomic E-state index is 0.0576. The van der Waals surface area contributed by atoms with Gasteiger partial charge in [0.2, 0.25) is 5.91 Å². The maximum atomic E-state index is 12.1. The zero-order valence-electron chi connectivity index (χ0n) is 39.7. The quantitative estimate of drug-likeness (QED) is 0.0238. The molecular formula is C53H90NO8P. The normalized spacial score (nSPS) is 14.0. The Bertz CT molecular complexity index is 1350. The smallest absolute Gasteiger partial charge is 0.463 e. The van der Waals surface area contributed by atoms with Gasteiger partial charge in [0.25, 0.3) is 0 Å². The number of esters is 1. The summed E-state index contributed by atoms with van der Waals surface area (Å²) >= 11 is 0. The third-order valence-electron chi connectivity index (χ3n) is 10.00. The molecule has 0 rings (SSSR count). The fraction of sp³-hybridized carbons (Fsp3) is 0.660. The fourth-order valence-electron chi connectivity index (χ4n) is 6.30. The molecule has 0 aromatic heterocycles. The van der Waals surface area contributed by atoms with Gasteiger partial charge in [-0.25, -0.2) is 4.57 Å². The molecule has 63 heavy (non-hydrogen) atoms. The van der Waals surface area contributed by atoms with Crippen LogP contribution in [-0.2, 0) is 27.9 Å². The van der Waals surface area contributed by atoms with Crippen LogP contribution >= 0.6 is 7.82 Å². The number of rotatable bonds is 45. The van der Waals surface area contributed by atoms with Crippen LogP contribution in [0.5, 0.6) is 0 Å². The monoisotopic (exact) mass is 900 g/mol. The highest BCUT2D eigenvalue weighted by Crippen LogP contribution is 2.42. The van der Waals surface area contributed by atoms with Crippen LogP contribution in [0, 0.1) is 0 Å². The second-order valence-corrected chi connectivity index (χ2v) is 17.5. The Morgan fingerprint density at radius 2 is 0.905 bits per heavy atom. The highest BCUT2D eigenvalue weighted by atomic mass is 31.2. The first-order valence-electron chi connectivity index (χ1n) is 24.7. The van der Waals surface area contributed by atoms with Gasteiger partial charge < -0.3 is 20.1 Å². The van der Waals surface area contributed by atoms with Crippen molar-refractivity contribution in [2.75, 3.05) is 26.4 Å². The lowest BCUT2D eigenvalue weighted by atomic mass is 10.1. The predicted octanol–water partition coefficient (Wildman–Crippen LogP) is 14.6. The SMILES string of the molecule is CC/C=C\C/C=C\C/C=C\C/C=C\C/C=C\CCCCCC(=O)NCCOP(=O)(O)OCC(O)COC(=O)CCCCCCCCCCCC/C=C\C/C=C\C/C=C\CCCCC. The number of ether oxygens (including phenoxy) is 1. The van der Waals surface area contributed by atoms with Crippen molar-refractivity contribution in [3.8, 4) is 0 Å². The van der Waals surface area contributed by atoms with E-state index in [1.807, 2.05) is 0 Å². The summed E-state index contributed by atoms with van der Waals surface area (Å²) in [4.78, 5) is 34.0. The first-order valence-corrected chi connectivity index (χ1v) is 26.2. The number of hydrogen-bond acceptors (Lipinski definition) is 7. The highest BCUT2D eigenvalue weighted by Gasteiger charge is 2.23. The van der Waals surface area contributed by atoms with Gasteiger partial charge in [-0.15, -0.1) is 0 Å². The number of aliphatic hydroxyl groups is 1. The van der Waals surface area contributed by atoms with Gasteiger partial charge in [-0.1, -0.05) is 182 Å². The van der Waals surface area contributed by atoms with Crippen LogP contribution in [0.25, 0.3) is 0 Å². The summed E-state index contributed by atoms with van der Waals surface area (Å²) in [6.45, 7) is 3.36. The van der Waals surface area contributed by atoms with E-state index in [1.165, 1.54) is 77.0 Å². The maximum absolute atomic E-state index is 12.1. The molecule has 0 saturated heterocycles. The van der Waals surface area contributed by atoms with Crippen molar-refractivity contribution >= 4 is 19.7 Å². The first-order chi connectivity index (χ1) is 30.8. The van der Waals surface area contributed by atoms with Crippen LogP contribution < -0.4 is 5.32 Å². The Morgan fingerprint density at radius 1 is 0.508 bits per heavy atom. The Morgan fingerprint density at radius 3 is 1.38 bits per heavy atom. The maximum Gasteiger partial charge on any atom is 0.472 e. The Labute approximate surface area is 385 Å². The lowest BCUT2D eigenvalue weighted by Gasteiger charge is -2.15. The van der Waals surface area contributed by atoms with Gasteiger partial charge in [0, 0.05) is 19.4 Å². The second kappa shape index (κ2) is 48.4. The molecular weight excluding hydrogens is 810 g/mol. The molecule has 0 radical (unpaired) electrons. The molecule has 0 fully saturated rings. The Kier molecular flexibility index (Phi) is 46.0. The molecule has 0 spiro atoms. The number of phosphoric ester groups is 1. The lowest BCUT2D eigenvalue weighted by Crippen LogP contribution is -2.27. The van der Waals surface area contributed by atoms with Crippen molar-refractivity contribution < 1.29 is 37.9 Å². The van der Waals surface area contributed by atoms with E-state index in [0.29, 0.717) is 6.42 Å². The number of carbonyl (C=O) groups is 2. The van der Waals surface area contributed by atoms with Crippen LogP contribution in [0.1, 0.15) is 194 Å². The summed E-state index contributed by atoms with van der Waals surface area (Å²) in [6.07, 6.45) is 63.4. The largest absolute Gasteiger partial charge is 0.472 e. The van der Waals surface area contributed by atoms with Crippen molar-refractivity contribution in [1.82, 2.24) is 5.32 Å². The van der Waals surface area contributed by atoms with Gasteiger partial charge >= 0.3 is 13.8 Å². The number of allylic oxidation sites excluding steroid dienone is 16. The zero-order chi connectivity index (χ0) is 46.0. The van der Waals surface area contributed by atoms with E-state index in [2.05, 4.69) is 116 Å². The molecule has 1 amide bonds. The van der Waals surface area contributed by atoms with E-state index in [-0.39, 0.29) is 32.1 Å². The fourth-order valence-corrected chi connectivity index (χ4v) is 7.05. The predicted molar refractivity (Wildman–Crippen MR) is 265 cm³/mol. The number of hydrogen-bond donors (Lipinski definition) is 3. The minimum atomic E-state index is -4.44. The summed E-state index contributed by atoms with van der Waals surface area (Å²) in [6, 6.07) is 0. The minimum Gasteiger partial charge on any atom is -0.463 e. The van der Waals surface area contributed by atoms with E-state index in [9.17, 15) is 24.2 Å². The number of nitrogens with one attached hydrogen (secondary N) is 1. The molecule has 0 aromatic carbocycles. The molecule has 2 unspecified atom stereocenters. The molecule has 10 heteroatoms. The van der Waals surface area contributed by atoms with E-state index in [1.54, 1.807) is 0 Å². The molecule has 3 N–H and O–H groups in total. The number of aliphatic hydroxyl groups excluding tert-OH is 1. The van der Waals surface area contributed by atoms with Crippen LogP contribution in [0.15, 0.2) is 97.2 Å². The van der Waals surface area contributed by atoms with Gasteiger partial charge in [0.1, 0.15) is 12.7 Å². The highest BCUT2D eigenvalue weighted by molar-refractivity contribution is 7.47. The molecule has 360 valence electrons. The first kappa shape index (κ1) is 59.9. The van der Waals surface area contributed by atoms with Gasteiger partial charge in [-0.2, -0.15) is 0 Å². The van der Waals surface area contributed by atoms with Gasteiger partial charge in [0.05, 0.1) is 13.2 Å². The molecule has 0 aliphatic rings. The van der Waals surface area contributed by atoms with Crippen LogP contribution in [0.3, 0.4) is 0 Å². The van der Waals surface area contributed by atoms with Crippen molar-refractivity contribution in [1.29, 1.82) is 0 Å². The summed E-state index contributed by atoms with van der Waals surface area (Å²) < 4.78 is 27.0. The van der Waals surface area contributed by atoms with Crippen molar-refractivity contribution in [3.63, 3.8) is 0 Å². The average molecular weight is 900 g/mol. The molecule has 0 saturated carbocycles. The van der Waals surface area contributed by atoms with Gasteiger partial charge in [-0.05, 0) is 96.3 Å².